The van der Waals surface area contributed by atoms with Gasteiger partial charge in [0.1, 0.15) is 0 Å². The highest BCUT2D eigenvalue weighted by molar-refractivity contribution is 7.89. The van der Waals surface area contributed by atoms with Crippen LogP contribution in [0.2, 0.25) is 0 Å². The number of amides is 1. The molecule has 0 spiro atoms. The molecule has 0 atom stereocenters. The van der Waals surface area contributed by atoms with Gasteiger partial charge in [-0.05, 0) is 49.2 Å². The molecule has 31 heavy (non-hydrogen) atoms. The molecule has 0 saturated carbocycles. The molecule has 1 saturated heterocycles. The number of rotatable bonds is 4. The number of nitrogens with zero attached hydrogens (tertiary/aromatic N) is 3. The standard InChI is InChI=1S/C21H20N4O4S2/c1-24-18-6-5-17(12-19(18)30-21(24)27)31(28,29)25-9-7-15(8-10-25)20(26)23-16-4-2-3-14(11-16)13-22/h2-6,11-12,15H,7-10H2,1H3,(H,23,26). The van der Waals surface area contributed by atoms with Crippen molar-refractivity contribution in [3.8, 4) is 6.07 Å². The number of carbonyl (C=O) groups is 1. The maximum Gasteiger partial charge on any atom is 0.307 e. The summed E-state index contributed by atoms with van der Waals surface area (Å²) in [5.41, 5.74) is 1.71. The maximum absolute atomic E-state index is 13.1. The Morgan fingerprint density at radius 3 is 2.65 bits per heavy atom. The van der Waals surface area contributed by atoms with Crippen LogP contribution in [0, 0.1) is 17.2 Å². The fraction of sp³-hybridized carbons (Fsp3) is 0.286. The van der Waals surface area contributed by atoms with Crippen molar-refractivity contribution in [3.63, 3.8) is 0 Å². The summed E-state index contributed by atoms with van der Waals surface area (Å²) in [5.74, 6) is -0.485. The number of benzene rings is 2. The van der Waals surface area contributed by atoms with Crippen LogP contribution in [-0.4, -0.2) is 36.3 Å². The van der Waals surface area contributed by atoms with Crippen molar-refractivity contribution >= 4 is 43.2 Å². The molecule has 1 aromatic heterocycles. The van der Waals surface area contributed by atoms with Gasteiger partial charge in [0, 0.05) is 31.7 Å². The number of hydrogen-bond donors (Lipinski definition) is 1. The van der Waals surface area contributed by atoms with Crippen LogP contribution in [0.4, 0.5) is 5.69 Å². The third kappa shape index (κ3) is 4.12. The van der Waals surface area contributed by atoms with Crippen molar-refractivity contribution < 1.29 is 13.2 Å². The van der Waals surface area contributed by atoms with E-state index >= 15 is 0 Å². The lowest BCUT2D eigenvalue weighted by Gasteiger charge is -2.30. The van der Waals surface area contributed by atoms with Crippen LogP contribution in [0.5, 0.6) is 0 Å². The minimum Gasteiger partial charge on any atom is -0.326 e. The predicted molar refractivity (Wildman–Crippen MR) is 118 cm³/mol. The smallest absolute Gasteiger partial charge is 0.307 e. The van der Waals surface area contributed by atoms with Gasteiger partial charge in [0.2, 0.25) is 15.9 Å². The number of sulfonamides is 1. The zero-order valence-corrected chi connectivity index (χ0v) is 18.4. The first-order valence-corrected chi connectivity index (χ1v) is 12.0. The van der Waals surface area contributed by atoms with E-state index in [1.165, 1.54) is 21.0 Å². The van der Waals surface area contributed by atoms with Gasteiger partial charge in [-0.25, -0.2) is 8.42 Å². The number of carbonyl (C=O) groups excluding carboxylic acids is 1. The van der Waals surface area contributed by atoms with E-state index in [9.17, 15) is 18.0 Å². The van der Waals surface area contributed by atoms with Crippen LogP contribution in [0.15, 0.2) is 52.2 Å². The molecule has 0 radical (unpaired) electrons. The molecule has 10 heteroatoms. The van der Waals surface area contributed by atoms with Crippen LogP contribution in [0.1, 0.15) is 18.4 Å². The first-order valence-electron chi connectivity index (χ1n) is 9.70. The van der Waals surface area contributed by atoms with Gasteiger partial charge < -0.3 is 9.88 Å². The van der Waals surface area contributed by atoms with Crippen LogP contribution >= 0.6 is 11.3 Å². The highest BCUT2D eigenvalue weighted by atomic mass is 32.2. The van der Waals surface area contributed by atoms with Crippen molar-refractivity contribution in [1.82, 2.24) is 8.87 Å². The summed E-state index contributed by atoms with van der Waals surface area (Å²) in [6.45, 7) is 0.476. The molecular formula is C21H20N4O4S2. The number of thiazole rings is 1. The van der Waals surface area contributed by atoms with Gasteiger partial charge in [0.15, 0.2) is 0 Å². The fourth-order valence-corrected chi connectivity index (χ4v) is 6.18. The number of nitrogens with one attached hydrogen (secondary N) is 1. The van der Waals surface area contributed by atoms with Crippen LogP contribution in [-0.2, 0) is 21.9 Å². The number of aryl methyl sites for hydroxylation is 1. The zero-order chi connectivity index (χ0) is 22.2. The lowest BCUT2D eigenvalue weighted by Crippen LogP contribution is -2.41. The van der Waals surface area contributed by atoms with Gasteiger partial charge in [0.05, 0.1) is 26.7 Å². The first kappa shape index (κ1) is 21.2. The Morgan fingerprint density at radius 1 is 1.19 bits per heavy atom. The SMILES string of the molecule is Cn1c(=O)sc2cc(S(=O)(=O)N3CCC(C(=O)Nc4cccc(C#N)c4)CC3)ccc21. The van der Waals surface area contributed by atoms with Crippen LogP contribution in [0.3, 0.4) is 0 Å². The monoisotopic (exact) mass is 456 g/mol. The molecule has 0 aliphatic carbocycles. The molecule has 160 valence electrons. The van der Waals surface area contributed by atoms with Crippen molar-refractivity contribution in [3.05, 3.63) is 57.7 Å². The minimum absolute atomic E-state index is 0.142. The predicted octanol–water partition coefficient (Wildman–Crippen LogP) is 2.51. The number of hydrogen-bond acceptors (Lipinski definition) is 6. The molecule has 1 amide bonds. The zero-order valence-electron chi connectivity index (χ0n) is 16.7. The molecule has 1 aliphatic heterocycles. The van der Waals surface area contributed by atoms with Crippen molar-refractivity contribution in [2.45, 2.75) is 17.7 Å². The van der Waals surface area contributed by atoms with Crippen LogP contribution in [0.25, 0.3) is 10.2 Å². The second kappa shape index (κ2) is 8.26. The third-order valence-corrected chi connectivity index (χ3v) is 8.38. The molecule has 2 aromatic carbocycles. The first-order chi connectivity index (χ1) is 14.8. The molecule has 1 aliphatic rings. The van der Waals surface area contributed by atoms with Crippen molar-refractivity contribution in [2.24, 2.45) is 13.0 Å². The quantitative estimate of drug-likeness (QED) is 0.648. The summed E-state index contributed by atoms with van der Waals surface area (Å²) in [5, 5.41) is 11.8. The summed E-state index contributed by atoms with van der Waals surface area (Å²) >= 11 is 1.01. The van der Waals surface area contributed by atoms with Gasteiger partial charge in [-0.2, -0.15) is 9.57 Å². The molecular weight excluding hydrogens is 436 g/mol. The topological polar surface area (TPSA) is 112 Å². The molecule has 4 rings (SSSR count). The van der Waals surface area contributed by atoms with Gasteiger partial charge >= 0.3 is 4.87 Å². The van der Waals surface area contributed by atoms with E-state index in [2.05, 4.69) is 5.32 Å². The second-order valence-electron chi connectivity index (χ2n) is 7.42. The van der Waals surface area contributed by atoms with Gasteiger partial charge in [-0.15, -0.1) is 0 Å². The molecule has 1 fully saturated rings. The molecule has 0 unspecified atom stereocenters. The van der Waals surface area contributed by atoms with Gasteiger partial charge in [-0.3, -0.25) is 9.59 Å². The van der Waals surface area contributed by atoms with E-state index in [1.807, 2.05) is 6.07 Å². The lowest BCUT2D eigenvalue weighted by molar-refractivity contribution is -0.120. The number of piperidine rings is 1. The average molecular weight is 457 g/mol. The Bertz CT molecular complexity index is 1360. The second-order valence-corrected chi connectivity index (χ2v) is 10.3. The minimum atomic E-state index is -3.71. The van der Waals surface area contributed by atoms with E-state index < -0.39 is 10.0 Å². The van der Waals surface area contributed by atoms with E-state index in [1.54, 1.807) is 37.4 Å². The molecule has 0 bridgehead atoms. The number of anilines is 1. The summed E-state index contributed by atoms with van der Waals surface area (Å²) in [6, 6.07) is 13.4. The van der Waals surface area contributed by atoms with Crippen molar-refractivity contribution in [2.75, 3.05) is 18.4 Å². The molecule has 8 nitrogen and oxygen atoms in total. The maximum atomic E-state index is 13.1. The molecule has 3 aromatic rings. The molecule has 2 heterocycles. The highest BCUT2D eigenvalue weighted by Crippen LogP contribution is 2.27. The van der Waals surface area contributed by atoms with Crippen LogP contribution < -0.4 is 10.2 Å². The third-order valence-electron chi connectivity index (χ3n) is 5.49. The van der Waals surface area contributed by atoms with E-state index in [-0.39, 0.29) is 34.7 Å². The molecule has 1 N–H and O–H groups in total. The number of nitriles is 1. The summed E-state index contributed by atoms with van der Waals surface area (Å²) in [7, 11) is -2.06. The largest absolute Gasteiger partial charge is 0.326 e. The Balaban J connectivity index is 1.44. The van der Waals surface area contributed by atoms with E-state index in [0.717, 1.165) is 11.3 Å². The van der Waals surface area contributed by atoms with E-state index in [4.69, 9.17) is 5.26 Å². The van der Waals surface area contributed by atoms with E-state index in [0.29, 0.717) is 34.3 Å². The Morgan fingerprint density at radius 2 is 1.94 bits per heavy atom. The number of fused-ring (bicyclic) bond motifs is 1. The number of aromatic nitrogens is 1. The summed E-state index contributed by atoms with van der Waals surface area (Å²) in [4.78, 5) is 24.4. The van der Waals surface area contributed by atoms with Crippen molar-refractivity contribution in [1.29, 1.82) is 5.26 Å². The Hall–Kier alpha value is -3.00. The summed E-state index contributed by atoms with van der Waals surface area (Å²) in [6.07, 6.45) is 0.813. The average Bonchev–Trinajstić information content (AvgIpc) is 3.07. The Kier molecular flexibility index (Phi) is 5.66. The van der Waals surface area contributed by atoms with Gasteiger partial charge in [-0.1, -0.05) is 17.4 Å². The lowest BCUT2D eigenvalue weighted by atomic mass is 9.97. The van der Waals surface area contributed by atoms with Gasteiger partial charge in [0.25, 0.3) is 0 Å². The Labute approximate surface area is 183 Å². The fourth-order valence-electron chi connectivity index (χ4n) is 3.69. The normalized spacial score (nSPS) is 15.6. The summed E-state index contributed by atoms with van der Waals surface area (Å²) < 4.78 is 29.7. The highest BCUT2D eigenvalue weighted by Gasteiger charge is 2.32.